The van der Waals surface area contributed by atoms with Crippen LogP contribution in [0.3, 0.4) is 0 Å². The Balaban J connectivity index is 2.18. The van der Waals surface area contributed by atoms with Crippen molar-refractivity contribution < 1.29 is 9.18 Å². The van der Waals surface area contributed by atoms with Crippen molar-refractivity contribution in [3.8, 4) is 0 Å². The molecule has 0 saturated heterocycles. The maximum absolute atomic E-state index is 13.6. The van der Waals surface area contributed by atoms with Crippen molar-refractivity contribution in [3.63, 3.8) is 0 Å². The molecule has 0 bridgehead atoms. The second-order valence-electron chi connectivity index (χ2n) is 4.96. The fourth-order valence-electron chi connectivity index (χ4n) is 1.87. The predicted molar refractivity (Wildman–Crippen MR) is 71.8 cm³/mol. The van der Waals surface area contributed by atoms with Crippen LogP contribution in [-0.2, 0) is 6.42 Å². The number of Topliss-reactive ketones (excluding diaryl/α,β-unsaturated/α-hetero) is 1. The van der Waals surface area contributed by atoms with Gasteiger partial charge >= 0.3 is 0 Å². The van der Waals surface area contributed by atoms with E-state index in [0.717, 1.165) is 5.56 Å². The lowest BCUT2D eigenvalue weighted by Gasteiger charge is -2.04. The minimum absolute atomic E-state index is 0.125. The first-order valence-corrected chi connectivity index (χ1v) is 6.30. The number of halogens is 1. The number of aromatic nitrogens is 2. The van der Waals surface area contributed by atoms with E-state index in [0.29, 0.717) is 5.69 Å². The van der Waals surface area contributed by atoms with Crippen LogP contribution in [0.5, 0.6) is 0 Å². The molecule has 0 fully saturated rings. The Labute approximate surface area is 112 Å². The van der Waals surface area contributed by atoms with Gasteiger partial charge in [0, 0.05) is 12.2 Å². The molecule has 0 unspecified atom stereocenters. The van der Waals surface area contributed by atoms with E-state index in [-0.39, 0.29) is 23.8 Å². The van der Waals surface area contributed by atoms with Crippen LogP contribution in [-0.4, -0.2) is 15.6 Å². The van der Waals surface area contributed by atoms with Gasteiger partial charge in [-0.25, -0.2) is 4.39 Å². The molecule has 4 heteroatoms. The van der Waals surface area contributed by atoms with Gasteiger partial charge in [-0.05, 0) is 39.0 Å². The highest BCUT2D eigenvalue weighted by atomic mass is 19.1. The van der Waals surface area contributed by atoms with Gasteiger partial charge in [-0.15, -0.1) is 0 Å². The van der Waals surface area contributed by atoms with Gasteiger partial charge in [0.05, 0.1) is 17.7 Å². The number of aryl methyl sites for hydroxylation is 1. The number of carbonyl (C=O) groups is 1. The molecule has 1 aromatic heterocycles. The summed E-state index contributed by atoms with van der Waals surface area (Å²) < 4.78 is 15.4. The van der Waals surface area contributed by atoms with Crippen LogP contribution in [0.4, 0.5) is 4.39 Å². The summed E-state index contributed by atoms with van der Waals surface area (Å²) in [5.74, 6) is -0.714. The molecule has 0 atom stereocenters. The van der Waals surface area contributed by atoms with Crippen molar-refractivity contribution in [2.45, 2.75) is 33.2 Å². The zero-order chi connectivity index (χ0) is 14.0. The first-order chi connectivity index (χ1) is 8.97. The quantitative estimate of drug-likeness (QED) is 0.790. The van der Waals surface area contributed by atoms with Gasteiger partial charge < -0.3 is 0 Å². The smallest absolute Gasteiger partial charge is 0.171 e. The Morgan fingerprint density at radius 1 is 1.37 bits per heavy atom. The molecule has 0 amide bonds. The van der Waals surface area contributed by atoms with Crippen LogP contribution >= 0.6 is 0 Å². The zero-order valence-corrected chi connectivity index (χ0v) is 11.4. The molecule has 1 heterocycles. The molecule has 0 aliphatic rings. The minimum atomic E-state index is -0.473. The Morgan fingerprint density at radius 2 is 2.11 bits per heavy atom. The molecular weight excluding hydrogens is 243 g/mol. The normalized spacial score (nSPS) is 11.0. The molecule has 2 rings (SSSR count). The third kappa shape index (κ3) is 3.08. The van der Waals surface area contributed by atoms with E-state index in [2.05, 4.69) is 5.10 Å². The minimum Gasteiger partial charge on any atom is -0.294 e. The van der Waals surface area contributed by atoms with Crippen molar-refractivity contribution in [3.05, 3.63) is 53.1 Å². The SMILES string of the molecule is Cc1ccc(F)c(C(=O)Cc2ccn(C(C)C)n2)c1. The van der Waals surface area contributed by atoms with E-state index < -0.39 is 5.82 Å². The Bertz CT molecular complexity index is 602. The number of ketones is 1. The van der Waals surface area contributed by atoms with Gasteiger partial charge in [-0.3, -0.25) is 9.48 Å². The summed E-state index contributed by atoms with van der Waals surface area (Å²) in [7, 11) is 0. The molecule has 2 aromatic rings. The highest BCUT2D eigenvalue weighted by molar-refractivity contribution is 5.97. The van der Waals surface area contributed by atoms with E-state index in [1.807, 2.05) is 27.0 Å². The number of carbonyl (C=O) groups excluding carboxylic acids is 1. The van der Waals surface area contributed by atoms with Gasteiger partial charge in [-0.2, -0.15) is 5.10 Å². The van der Waals surface area contributed by atoms with Crippen molar-refractivity contribution in [1.29, 1.82) is 0 Å². The number of rotatable bonds is 4. The van der Waals surface area contributed by atoms with E-state index in [4.69, 9.17) is 0 Å². The lowest BCUT2D eigenvalue weighted by atomic mass is 10.0. The number of hydrogen-bond donors (Lipinski definition) is 0. The summed E-state index contributed by atoms with van der Waals surface area (Å²) in [4.78, 5) is 12.1. The van der Waals surface area contributed by atoms with Crippen molar-refractivity contribution >= 4 is 5.78 Å². The number of hydrogen-bond acceptors (Lipinski definition) is 2. The summed E-state index contributed by atoms with van der Waals surface area (Å²) >= 11 is 0. The molecule has 0 saturated carbocycles. The highest BCUT2D eigenvalue weighted by Crippen LogP contribution is 2.13. The summed E-state index contributed by atoms with van der Waals surface area (Å²) in [5.41, 5.74) is 1.68. The Hall–Kier alpha value is -1.97. The van der Waals surface area contributed by atoms with Gasteiger partial charge in [0.15, 0.2) is 5.78 Å². The van der Waals surface area contributed by atoms with Crippen LogP contribution in [0.25, 0.3) is 0 Å². The number of nitrogens with zero attached hydrogens (tertiary/aromatic N) is 2. The second-order valence-corrected chi connectivity index (χ2v) is 4.96. The van der Waals surface area contributed by atoms with Crippen molar-refractivity contribution in [2.24, 2.45) is 0 Å². The first kappa shape index (κ1) is 13.5. The molecule has 0 N–H and O–H groups in total. The molecule has 1 aromatic carbocycles. The van der Waals surface area contributed by atoms with E-state index in [1.165, 1.54) is 6.07 Å². The Kier molecular flexibility index (Phi) is 3.79. The fraction of sp³-hybridized carbons (Fsp3) is 0.333. The predicted octanol–water partition coefficient (Wildman–Crippen LogP) is 3.34. The largest absolute Gasteiger partial charge is 0.294 e. The standard InChI is InChI=1S/C15H17FN2O/c1-10(2)18-7-6-12(17-18)9-15(19)13-8-11(3)4-5-14(13)16/h4-8,10H,9H2,1-3H3. The van der Waals surface area contributed by atoms with Crippen molar-refractivity contribution in [2.75, 3.05) is 0 Å². The van der Waals surface area contributed by atoms with E-state index >= 15 is 0 Å². The third-order valence-electron chi connectivity index (χ3n) is 2.96. The highest BCUT2D eigenvalue weighted by Gasteiger charge is 2.14. The van der Waals surface area contributed by atoms with Crippen LogP contribution in [0.15, 0.2) is 30.5 Å². The lowest BCUT2D eigenvalue weighted by molar-refractivity contribution is 0.0987. The van der Waals surface area contributed by atoms with Crippen LogP contribution < -0.4 is 0 Å². The van der Waals surface area contributed by atoms with Gasteiger partial charge in [0.25, 0.3) is 0 Å². The summed E-state index contributed by atoms with van der Waals surface area (Å²) in [6, 6.07) is 6.61. The second kappa shape index (κ2) is 5.34. The van der Waals surface area contributed by atoms with Crippen molar-refractivity contribution in [1.82, 2.24) is 9.78 Å². The molecular formula is C15H17FN2O. The maximum Gasteiger partial charge on any atom is 0.171 e. The monoisotopic (exact) mass is 260 g/mol. The average molecular weight is 260 g/mol. The average Bonchev–Trinajstić information content (AvgIpc) is 2.80. The lowest BCUT2D eigenvalue weighted by Crippen LogP contribution is -2.08. The Morgan fingerprint density at radius 3 is 2.74 bits per heavy atom. The van der Waals surface area contributed by atoms with Crippen LogP contribution in [0.1, 0.15) is 41.5 Å². The molecule has 0 radical (unpaired) electrons. The molecule has 3 nitrogen and oxygen atoms in total. The summed E-state index contributed by atoms with van der Waals surface area (Å²) in [5, 5.41) is 4.30. The molecule has 0 spiro atoms. The van der Waals surface area contributed by atoms with E-state index in [1.54, 1.807) is 22.9 Å². The third-order valence-corrected chi connectivity index (χ3v) is 2.96. The topological polar surface area (TPSA) is 34.9 Å². The molecule has 0 aliphatic heterocycles. The molecule has 19 heavy (non-hydrogen) atoms. The maximum atomic E-state index is 13.6. The van der Waals surface area contributed by atoms with E-state index in [9.17, 15) is 9.18 Å². The van der Waals surface area contributed by atoms with Gasteiger partial charge in [0.2, 0.25) is 0 Å². The first-order valence-electron chi connectivity index (χ1n) is 6.30. The summed E-state index contributed by atoms with van der Waals surface area (Å²) in [6.07, 6.45) is 1.96. The summed E-state index contributed by atoms with van der Waals surface area (Å²) in [6.45, 7) is 5.86. The molecule has 0 aliphatic carbocycles. The number of benzene rings is 1. The van der Waals surface area contributed by atoms with Crippen LogP contribution in [0.2, 0.25) is 0 Å². The zero-order valence-electron chi connectivity index (χ0n) is 11.4. The molecule has 100 valence electrons. The van der Waals surface area contributed by atoms with Crippen LogP contribution in [0, 0.1) is 12.7 Å². The fourth-order valence-corrected chi connectivity index (χ4v) is 1.87. The van der Waals surface area contributed by atoms with Gasteiger partial charge in [-0.1, -0.05) is 11.6 Å². The van der Waals surface area contributed by atoms with Gasteiger partial charge in [0.1, 0.15) is 5.82 Å².